The van der Waals surface area contributed by atoms with E-state index in [9.17, 15) is 5.11 Å². The fraction of sp³-hybridized carbons (Fsp3) is 0.714. The van der Waals surface area contributed by atoms with Crippen LogP contribution in [0.25, 0.3) is 0 Å². The molecular weight excluding hydrogens is 309 g/mol. The van der Waals surface area contributed by atoms with E-state index in [1.165, 1.54) is 0 Å². The van der Waals surface area contributed by atoms with Crippen LogP contribution in [0, 0.1) is 23.2 Å². The summed E-state index contributed by atoms with van der Waals surface area (Å²) in [6.45, 7) is 22.9. The van der Waals surface area contributed by atoms with Gasteiger partial charge in [0.15, 0.2) is 0 Å². The Morgan fingerprint density at radius 3 is 2.20 bits per heavy atom. The average Bonchev–Trinajstić information content (AvgIpc) is 2.48. The zero-order valence-corrected chi connectivity index (χ0v) is 16.6. The van der Waals surface area contributed by atoms with Gasteiger partial charge in [-0.1, -0.05) is 64.9 Å². The third kappa shape index (κ3) is 6.34. The highest BCUT2D eigenvalue weighted by Crippen LogP contribution is 2.31. The van der Waals surface area contributed by atoms with Crippen molar-refractivity contribution in [2.75, 3.05) is 19.8 Å². The van der Waals surface area contributed by atoms with E-state index in [4.69, 9.17) is 12.6 Å². The van der Waals surface area contributed by atoms with Crippen molar-refractivity contribution in [2.45, 2.75) is 52.9 Å². The summed E-state index contributed by atoms with van der Waals surface area (Å²) in [5.41, 5.74) is 2.27. The molecule has 0 spiro atoms. The first kappa shape index (κ1) is 22.0. The highest BCUT2D eigenvalue weighted by molar-refractivity contribution is 6.09. The molecule has 0 aromatic rings. The van der Waals surface area contributed by atoms with Crippen molar-refractivity contribution in [3.8, 4) is 0 Å². The minimum absolute atomic E-state index is 0.00231. The maximum Gasteiger partial charge on any atom is 0.102 e. The predicted octanol–water partition coefficient (Wildman–Crippen LogP) is 4.44. The zero-order valence-electron chi connectivity index (χ0n) is 16.6. The lowest BCUT2D eigenvalue weighted by molar-refractivity contribution is -0.0999. The van der Waals surface area contributed by atoms with Crippen LogP contribution in [-0.4, -0.2) is 38.8 Å². The van der Waals surface area contributed by atoms with Gasteiger partial charge in [-0.15, -0.1) is 0 Å². The number of allylic oxidation sites excluding steroid dienone is 2. The summed E-state index contributed by atoms with van der Waals surface area (Å²) >= 11 is 0. The average molecular weight is 345 g/mol. The Balaban J connectivity index is 2.55. The molecule has 0 aliphatic carbocycles. The molecule has 0 aromatic carbocycles. The van der Waals surface area contributed by atoms with Gasteiger partial charge in [-0.25, -0.2) is 0 Å². The van der Waals surface area contributed by atoms with Crippen LogP contribution in [0.3, 0.4) is 0 Å². The lowest BCUT2D eigenvalue weighted by atomic mass is 9.74. The molecule has 25 heavy (non-hydrogen) atoms. The maximum absolute atomic E-state index is 10.0. The van der Waals surface area contributed by atoms with Gasteiger partial charge in [0.05, 0.1) is 27.1 Å². The van der Waals surface area contributed by atoms with Crippen LogP contribution < -0.4 is 5.32 Å². The van der Waals surface area contributed by atoms with Crippen LogP contribution in [-0.2, 0) is 4.74 Å². The van der Waals surface area contributed by atoms with Crippen LogP contribution in [0.15, 0.2) is 36.6 Å². The molecule has 4 heteroatoms. The van der Waals surface area contributed by atoms with Gasteiger partial charge in [0.2, 0.25) is 0 Å². The van der Waals surface area contributed by atoms with E-state index in [0.29, 0.717) is 31.4 Å². The molecule has 1 rings (SSSR count). The fourth-order valence-electron chi connectivity index (χ4n) is 3.47. The Kier molecular flexibility index (Phi) is 8.50. The largest absolute Gasteiger partial charge is 0.511 e. The molecule has 0 saturated carbocycles. The van der Waals surface area contributed by atoms with Crippen molar-refractivity contribution < 1.29 is 9.84 Å². The van der Waals surface area contributed by atoms with Gasteiger partial charge >= 0.3 is 0 Å². The van der Waals surface area contributed by atoms with Gasteiger partial charge in [-0.2, -0.15) is 0 Å². The van der Waals surface area contributed by atoms with E-state index in [-0.39, 0.29) is 23.1 Å². The normalized spacial score (nSPS) is 19.7. The van der Waals surface area contributed by atoms with Crippen molar-refractivity contribution in [1.29, 1.82) is 0 Å². The second-order valence-electron chi connectivity index (χ2n) is 8.35. The minimum atomic E-state index is -0.131. The Labute approximate surface area is 156 Å². The molecular formula is C21H36BNO2. The highest BCUT2D eigenvalue weighted by atomic mass is 16.5. The Morgan fingerprint density at radius 1 is 1.20 bits per heavy atom. The highest BCUT2D eigenvalue weighted by Gasteiger charge is 2.37. The third-order valence-corrected chi connectivity index (χ3v) is 5.39. The topological polar surface area (TPSA) is 41.5 Å². The molecule has 3 nitrogen and oxygen atoms in total. The standard InChI is InChI=1S/C21H36BNO2/c1-14(2)18(6)16(4)8-15(3)9-17(5)20(19(7)24)23-11-21(10-22)12-25-13-21/h14-15,17,20,23-24H,4,6-13H2,1-3,5H3. The van der Waals surface area contributed by atoms with E-state index >= 15 is 0 Å². The Hall–Kier alpha value is -0.995. The zero-order chi connectivity index (χ0) is 19.2. The van der Waals surface area contributed by atoms with Crippen LogP contribution in [0.5, 0.6) is 0 Å². The van der Waals surface area contributed by atoms with Crippen molar-refractivity contribution in [3.63, 3.8) is 0 Å². The molecule has 1 fully saturated rings. The number of nitrogens with one attached hydrogen (secondary N) is 1. The lowest BCUT2D eigenvalue weighted by Gasteiger charge is -2.42. The smallest absolute Gasteiger partial charge is 0.102 e. The Morgan fingerprint density at radius 2 is 1.80 bits per heavy atom. The molecule has 0 aromatic heterocycles. The van der Waals surface area contributed by atoms with Crippen LogP contribution in [0.1, 0.15) is 40.5 Å². The number of rotatable bonds is 12. The first-order valence-electron chi connectivity index (χ1n) is 9.37. The predicted molar refractivity (Wildman–Crippen MR) is 108 cm³/mol. The van der Waals surface area contributed by atoms with Gasteiger partial charge in [0, 0.05) is 12.0 Å². The summed E-state index contributed by atoms with van der Waals surface area (Å²) in [5.74, 6) is 1.36. The fourth-order valence-corrected chi connectivity index (χ4v) is 3.47. The van der Waals surface area contributed by atoms with E-state index in [1.807, 2.05) is 0 Å². The van der Waals surface area contributed by atoms with E-state index in [1.54, 1.807) is 0 Å². The number of ether oxygens (including phenoxy) is 1. The molecule has 2 radical (unpaired) electrons. The molecule has 0 amide bonds. The van der Waals surface area contributed by atoms with Gasteiger partial charge in [-0.05, 0) is 30.6 Å². The van der Waals surface area contributed by atoms with Crippen molar-refractivity contribution >= 4 is 7.85 Å². The molecule has 3 unspecified atom stereocenters. The number of hydrogen-bond donors (Lipinski definition) is 2. The first-order valence-corrected chi connectivity index (χ1v) is 9.37. The van der Waals surface area contributed by atoms with Gasteiger partial charge < -0.3 is 15.2 Å². The van der Waals surface area contributed by atoms with Crippen molar-refractivity contribution in [1.82, 2.24) is 5.32 Å². The summed E-state index contributed by atoms with van der Waals surface area (Å²) in [6, 6.07) is -0.131. The summed E-state index contributed by atoms with van der Waals surface area (Å²) in [5, 5.41) is 13.5. The minimum Gasteiger partial charge on any atom is -0.511 e. The quantitative estimate of drug-likeness (QED) is 0.312. The first-order chi connectivity index (χ1) is 11.6. The van der Waals surface area contributed by atoms with E-state index in [2.05, 4.69) is 52.7 Å². The third-order valence-electron chi connectivity index (χ3n) is 5.39. The van der Waals surface area contributed by atoms with Gasteiger partial charge in [0.1, 0.15) is 5.76 Å². The molecule has 3 atom stereocenters. The van der Waals surface area contributed by atoms with Crippen molar-refractivity contribution in [3.05, 3.63) is 36.6 Å². The van der Waals surface area contributed by atoms with Crippen LogP contribution >= 0.6 is 0 Å². The molecule has 1 aliphatic heterocycles. The summed E-state index contributed by atoms with van der Waals surface area (Å²) in [7, 11) is 5.87. The molecule has 1 heterocycles. The lowest BCUT2D eigenvalue weighted by Crippen LogP contribution is -2.52. The summed E-state index contributed by atoms with van der Waals surface area (Å²) in [6.07, 6.45) is 2.51. The summed E-state index contributed by atoms with van der Waals surface area (Å²) in [4.78, 5) is 0. The molecule has 1 aliphatic rings. The molecule has 1 saturated heterocycles. The maximum atomic E-state index is 10.0. The SMILES string of the molecule is [B]CC1(CNC(C(=C)O)C(C)CC(C)CC(=C)C(=C)C(C)C)COC1. The number of aliphatic hydroxyl groups is 1. The van der Waals surface area contributed by atoms with Gasteiger partial charge in [-0.3, -0.25) is 0 Å². The number of aliphatic hydroxyl groups excluding tert-OH is 1. The van der Waals surface area contributed by atoms with E-state index in [0.717, 1.165) is 30.5 Å². The number of hydrogen-bond acceptors (Lipinski definition) is 3. The second kappa shape index (κ2) is 9.63. The van der Waals surface area contributed by atoms with Crippen LogP contribution in [0.4, 0.5) is 0 Å². The second-order valence-corrected chi connectivity index (χ2v) is 8.35. The van der Waals surface area contributed by atoms with E-state index < -0.39 is 0 Å². The summed E-state index contributed by atoms with van der Waals surface area (Å²) < 4.78 is 5.31. The Bertz CT molecular complexity index is 477. The molecule has 140 valence electrons. The molecule has 0 bridgehead atoms. The molecule has 2 N–H and O–H groups in total. The monoisotopic (exact) mass is 345 g/mol. The van der Waals surface area contributed by atoms with Gasteiger partial charge in [0.25, 0.3) is 0 Å². The van der Waals surface area contributed by atoms with Crippen LogP contribution in [0.2, 0.25) is 6.32 Å². The van der Waals surface area contributed by atoms with Crippen molar-refractivity contribution in [2.24, 2.45) is 23.2 Å².